The molecule has 9 atom stereocenters. The molecule has 0 aromatic rings. The van der Waals surface area contributed by atoms with Gasteiger partial charge in [-0.15, -0.1) is 0 Å². The number of carbonyl (C=O) groups excluding carboxylic acids is 3. The Kier molecular flexibility index (Phi) is 5.89. The van der Waals surface area contributed by atoms with E-state index >= 15 is 0 Å². The van der Waals surface area contributed by atoms with E-state index in [0.717, 1.165) is 25.7 Å². The van der Waals surface area contributed by atoms with E-state index in [9.17, 15) is 14.4 Å². The quantitative estimate of drug-likeness (QED) is 0.668. The van der Waals surface area contributed by atoms with Gasteiger partial charge in [-0.05, 0) is 80.5 Å². The first-order chi connectivity index (χ1) is 14.5. The zero-order valence-electron chi connectivity index (χ0n) is 19.8. The van der Waals surface area contributed by atoms with Crippen molar-refractivity contribution in [3.05, 3.63) is 0 Å². The van der Waals surface area contributed by atoms with Gasteiger partial charge in [0.25, 0.3) is 0 Å². The van der Waals surface area contributed by atoms with Crippen molar-refractivity contribution in [2.45, 2.75) is 104 Å². The lowest BCUT2D eigenvalue weighted by Gasteiger charge is -2.60. The Labute approximate surface area is 186 Å². The van der Waals surface area contributed by atoms with E-state index in [0.29, 0.717) is 35.1 Å². The van der Waals surface area contributed by atoms with E-state index in [1.165, 1.54) is 32.6 Å². The van der Waals surface area contributed by atoms with Crippen LogP contribution in [0.1, 0.15) is 86.0 Å². The van der Waals surface area contributed by atoms with Crippen molar-refractivity contribution in [3.8, 4) is 0 Å². The Morgan fingerprint density at radius 1 is 0.806 bits per heavy atom. The summed E-state index contributed by atoms with van der Waals surface area (Å²) in [7, 11) is 0. The predicted octanol–water partition coefficient (Wildman–Crippen LogP) is 3.58. The molecule has 0 heterocycles. The molecule has 0 aliphatic heterocycles. The molecule has 31 heavy (non-hydrogen) atoms. The van der Waals surface area contributed by atoms with E-state index in [2.05, 4.69) is 24.5 Å². The van der Waals surface area contributed by atoms with Crippen molar-refractivity contribution in [2.75, 3.05) is 0 Å². The summed E-state index contributed by atoms with van der Waals surface area (Å²) in [6.45, 7) is 9.46. The molecule has 0 radical (unpaired) electrons. The summed E-state index contributed by atoms with van der Waals surface area (Å²) in [5.74, 6) is 2.22. The zero-order valence-corrected chi connectivity index (χ0v) is 19.8. The average Bonchev–Trinajstić information content (AvgIpc) is 2.92. The number of hydrogen-bond acceptors (Lipinski definition) is 4. The highest BCUT2D eigenvalue weighted by Crippen LogP contribution is 2.66. The van der Waals surface area contributed by atoms with Crippen LogP contribution in [0.15, 0.2) is 0 Å². The topological polar surface area (TPSA) is 84.5 Å². The largest absolute Gasteiger partial charge is 0.460 e. The molecule has 4 saturated carbocycles. The molecule has 0 aromatic carbocycles. The molecule has 0 aromatic heterocycles. The normalized spacial score (nSPS) is 46.2. The van der Waals surface area contributed by atoms with Crippen molar-refractivity contribution in [2.24, 2.45) is 34.5 Å². The Morgan fingerprint density at radius 3 is 2.13 bits per heavy atom. The van der Waals surface area contributed by atoms with E-state index in [1.807, 2.05) is 0 Å². The maximum absolute atomic E-state index is 11.9. The molecular weight excluding hydrogens is 392 g/mol. The fraction of sp³-hybridized carbons (Fsp3) is 0.880. The van der Waals surface area contributed by atoms with E-state index in [4.69, 9.17) is 4.74 Å². The number of hydrogen-bond donors (Lipinski definition) is 2. The standard InChI is InChI=1S/C25H40N2O4/c1-14(28)26-18-8-10-24(4)17(12-18)6-7-19-20(24)9-11-25(5)21(19)13-22(27-15(2)29)23(25)31-16(3)30/h17-23H,6-13H2,1-5H3,(H,26,28)(H,27,29)/t17-,18-,19+,20-,21-,22-,23-,24-,25-/m0/s1. The first-order valence-corrected chi connectivity index (χ1v) is 12.3. The van der Waals surface area contributed by atoms with Crippen LogP contribution in [0.4, 0.5) is 0 Å². The lowest BCUT2D eigenvalue weighted by Crippen LogP contribution is -2.56. The van der Waals surface area contributed by atoms with Crippen LogP contribution >= 0.6 is 0 Å². The lowest BCUT2D eigenvalue weighted by molar-refractivity contribution is -0.163. The van der Waals surface area contributed by atoms with Crippen LogP contribution in [0.5, 0.6) is 0 Å². The minimum Gasteiger partial charge on any atom is -0.460 e. The second kappa shape index (κ2) is 8.08. The second-order valence-electron chi connectivity index (χ2n) is 11.4. The number of nitrogens with one attached hydrogen (secondary N) is 2. The number of carbonyl (C=O) groups is 3. The van der Waals surface area contributed by atoms with Gasteiger partial charge >= 0.3 is 5.97 Å². The summed E-state index contributed by atoms with van der Waals surface area (Å²) in [5.41, 5.74) is 0.249. The number of rotatable bonds is 3. The molecule has 2 N–H and O–H groups in total. The monoisotopic (exact) mass is 432 g/mol. The van der Waals surface area contributed by atoms with Crippen LogP contribution in [-0.2, 0) is 19.1 Å². The minimum absolute atomic E-state index is 0.0482. The van der Waals surface area contributed by atoms with Crippen molar-refractivity contribution in [1.82, 2.24) is 10.6 Å². The molecular formula is C25H40N2O4. The van der Waals surface area contributed by atoms with Gasteiger partial charge in [-0.2, -0.15) is 0 Å². The molecule has 0 bridgehead atoms. The Balaban J connectivity index is 1.56. The Bertz CT molecular complexity index is 754. The molecule has 4 aliphatic carbocycles. The third kappa shape index (κ3) is 3.89. The summed E-state index contributed by atoms with van der Waals surface area (Å²) in [5, 5.41) is 6.28. The Hall–Kier alpha value is -1.59. The van der Waals surface area contributed by atoms with Gasteiger partial charge in [-0.25, -0.2) is 0 Å². The van der Waals surface area contributed by atoms with Crippen LogP contribution in [0.2, 0.25) is 0 Å². The molecule has 6 nitrogen and oxygen atoms in total. The first-order valence-electron chi connectivity index (χ1n) is 12.3. The fourth-order valence-corrected chi connectivity index (χ4v) is 8.47. The molecule has 0 spiro atoms. The molecule has 0 unspecified atom stereocenters. The van der Waals surface area contributed by atoms with Gasteiger partial charge in [-0.3, -0.25) is 14.4 Å². The van der Waals surface area contributed by atoms with Crippen molar-refractivity contribution in [3.63, 3.8) is 0 Å². The van der Waals surface area contributed by atoms with Gasteiger partial charge in [0.15, 0.2) is 0 Å². The predicted molar refractivity (Wildman–Crippen MR) is 118 cm³/mol. The van der Waals surface area contributed by atoms with Gasteiger partial charge in [0.1, 0.15) is 6.10 Å². The number of fused-ring (bicyclic) bond motifs is 5. The fourth-order valence-electron chi connectivity index (χ4n) is 8.47. The van der Waals surface area contributed by atoms with Crippen LogP contribution < -0.4 is 10.6 Å². The number of amides is 2. The van der Waals surface area contributed by atoms with Gasteiger partial charge in [0, 0.05) is 32.2 Å². The minimum atomic E-state index is -0.253. The third-order valence-electron chi connectivity index (χ3n) is 9.72. The highest BCUT2D eigenvalue weighted by molar-refractivity contribution is 5.74. The maximum Gasteiger partial charge on any atom is 0.302 e. The maximum atomic E-state index is 11.9. The number of ether oxygens (including phenoxy) is 1. The summed E-state index contributed by atoms with van der Waals surface area (Å²) >= 11 is 0. The summed E-state index contributed by atoms with van der Waals surface area (Å²) < 4.78 is 5.87. The summed E-state index contributed by atoms with van der Waals surface area (Å²) in [4.78, 5) is 35.4. The van der Waals surface area contributed by atoms with Crippen LogP contribution in [0, 0.1) is 34.5 Å². The van der Waals surface area contributed by atoms with Crippen molar-refractivity contribution in [1.29, 1.82) is 0 Å². The van der Waals surface area contributed by atoms with Gasteiger partial charge in [-0.1, -0.05) is 13.8 Å². The average molecular weight is 433 g/mol. The van der Waals surface area contributed by atoms with Gasteiger partial charge < -0.3 is 15.4 Å². The van der Waals surface area contributed by atoms with Crippen molar-refractivity contribution < 1.29 is 19.1 Å². The zero-order chi connectivity index (χ0) is 22.6. The van der Waals surface area contributed by atoms with Crippen LogP contribution in [-0.4, -0.2) is 36.0 Å². The van der Waals surface area contributed by atoms with Crippen LogP contribution in [0.3, 0.4) is 0 Å². The third-order valence-corrected chi connectivity index (χ3v) is 9.72. The highest BCUT2D eigenvalue weighted by Gasteiger charge is 2.63. The van der Waals surface area contributed by atoms with E-state index in [1.54, 1.807) is 13.8 Å². The summed E-state index contributed by atoms with van der Waals surface area (Å²) in [6, 6.07) is 0.237. The SMILES string of the molecule is CC(=O)N[C@H]1CC[C@@]2(C)[C@@H](CC[C@@H]3[C@@H]2CC[C@@]2(C)[C@H]3C[C@H](NC(C)=O)[C@@H]2OC(C)=O)C1. The molecule has 4 aliphatic rings. The Morgan fingerprint density at radius 2 is 1.48 bits per heavy atom. The van der Waals surface area contributed by atoms with Gasteiger partial charge in [0.05, 0.1) is 6.04 Å². The van der Waals surface area contributed by atoms with Gasteiger partial charge in [0.2, 0.25) is 11.8 Å². The summed E-state index contributed by atoms with van der Waals surface area (Å²) in [6.07, 6.45) is 8.65. The van der Waals surface area contributed by atoms with E-state index < -0.39 is 0 Å². The smallest absolute Gasteiger partial charge is 0.302 e. The molecule has 2 amide bonds. The van der Waals surface area contributed by atoms with Crippen molar-refractivity contribution >= 4 is 17.8 Å². The second-order valence-corrected chi connectivity index (χ2v) is 11.4. The highest BCUT2D eigenvalue weighted by atomic mass is 16.5. The van der Waals surface area contributed by atoms with E-state index in [-0.39, 0.29) is 35.3 Å². The molecule has 0 saturated heterocycles. The first kappa shape index (κ1) is 22.6. The lowest BCUT2D eigenvalue weighted by atomic mass is 9.45. The molecule has 6 heteroatoms. The molecule has 4 fully saturated rings. The number of esters is 1. The van der Waals surface area contributed by atoms with Crippen LogP contribution in [0.25, 0.3) is 0 Å². The molecule has 174 valence electrons. The molecule has 4 rings (SSSR count).